The Hall–Kier alpha value is 0.790. The zero-order chi connectivity index (χ0) is 20.6. The third-order valence-corrected chi connectivity index (χ3v) is 7.14. The van der Waals surface area contributed by atoms with Crippen LogP contribution in [0.2, 0.25) is 10.0 Å². The van der Waals surface area contributed by atoms with Gasteiger partial charge in [0.15, 0.2) is 0 Å². The van der Waals surface area contributed by atoms with Gasteiger partial charge in [0.25, 0.3) is 0 Å². The van der Waals surface area contributed by atoms with Crippen LogP contribution in [0.1, 0.15) is 11.1 Å². The van der Waals surface area contributed by atoms with Crippen LogP contribution in [0.4, 0.5) is 0 Å². The van der Waals surface area contributed by atoms with Crippen molar-refractivity contribution in [3.8, 4) is 0 Å². The molecule has 0 N–H and O–H groups in total. The number of sulfone groups is 1. The number of hydrogen-bond acceptors (Lipinski definition) is 8. The summed E-state index contributed by atoms with van der Waals surface area (Å²) in [5, 5.41) is -0.217. The molecule has 0 unspecified atom stereocenters. The van der Waals surface area contributed by atoms with Gasteiger partial charge >= 0.3 is 59.1 Å². The van der Waals surface area contributed by atoms with Crippen molar-refractivity contribution < 1.29 is 93.5 Å². The normalized spacial score (nSPS) is 12.0. The molecule has 8 nitrogen and oxygen atoms in total. The fourth-order valence-corrected chi connectivity index (χ4v) is 5.30. The maximum absolute atomic E-state index is 12.8. The zero-order valence-corrected chi connectivity index (χ0v) is 23.1. The second-order valence-corrected chi connectivity index (χ2v) is 11.0. The molecule has 0 spiro atoms. The van der Waals surface area contributed by atoms with Gasteiger partial charge in [-0.05, 0) is 47.5 Å². The van der Waals surface area contributed by atoms with Gasteiger partial charge in [-0.15, -0.1) is 0 Å². The number of hydrogen-bond donors (Lipinski definition) is 0. The summed E-state index contributed by atoms with van der Waals surface area (Å²) < 4.78 is 91.1. The molecule has 15 heteroatoms. The molecule has 0 heterocycles. The van der Waals surface area contributed by atoms with E-state index in [0.29, 0.717) is 0 Å². The molecule has 0 saturated heterocycles. The van der Waals surface area contributed by atoms with Gasteiger partial charge in [0.1, 0.15) is 0 Å². The molecule has 0 aliphatic carbocycles. The Kier molecular flexibility index (Phi) is 11.4. The Labute approximate surface area is 223 Å². The summed E-state index contributed by atoms with van der Waals surface area (Å²) in [6, 6.07) is 6.30. The minimum Gasteiger partial charge on any atom is -0.748 e. The predicted octanol–water partition coefficient (Wildman–Crippen LogP) is -4.08. The largest absolute Gasteiger partial charge is 1.00 e. The molecule has 0 aromatic heterocycles. The van der Waals surface area contributed by atoms with Crippen molar-refractivity contribution in [1.82, 2.24) is 0 Å². The van der Waals surface area contributed by atoms with Crippen molar-refractivity contribution in [2.45, 2.75) is 21.3 Å². The molecule has 29 heavy (non-hydrogen) atoms. The Balaban J connectivity index is 0.00000392. The maximum Gasteiger partial charge on any atom is 1.00 e. The SMILES string of the molecule is O=S(=O)([O-])Cc1cc(S(=O)(=O)c2ccc(Cl)c(CS(=O)(=O)[O-])c2)ccc1Cl.[Na+].[Na+]. The second-order valence-electron chi connectivity index (χ2n) is 5.41. The van der Waals surface area contributed by atoms with Crippen LogP contribution in [0.3, 0.4) is 0 Å². The molecule has 0 amide bonds. The molecule has 2 aromatic carbocycles. The first-order valence-electron chi connectivity index (χ1n) is 6.88. The average molecular weight is 519 g/mol. The van der Waals surface area contributed by atoms with Crippen LogP contribution in [-0.2, 0) is 41.6 Å². The van der Waals surface area contributed by atoms with E-state index in [-0.39, 0.29) is 90.1 Å². The van der Waals surface area contributed by atoms with Gasteiger partial charge < -0.3 is 9.11 Å². The molecule has 0 fully saturated rings. The quantitative estimate of drug-likeness (QED) is 0.277. The second kappa shape index (κ2) is 11.1. The van der Waals surface area contributed by atoms with Gasteiger partial charge in [-0.25, -0.2) is 25.3 Å². The van der Waals surface area contributed by atoms with Crippen LogP contribution in [0.25, 0.3) is 0 Å². The molecule has 2 rings (SSSR count). The van der Waals surface area contributed by atoms with Crippen LogP contribution >= 0.6 is 23.2 Å². The van der Waals surface area contributed by atoms with E-state index in [1.165, 1.54) is 0 Å². The molecule has 0 bridgehead atoms. The molecule has 0 radical (unpaired) electrons. The summed E-state index contributed by atoms with van der Waals surface area (Å²) in [6.45, 7) is 0. The number of rotatable bonds is 6. The summed E-state index contributed by atoms with van der Waals surface area (Å²) in [7, 11) is -13.7. The van der Waals surface area contributed by atoms with E-state index in [2.05, 4.69) is 0 Å². The Bertz CT molecular complexity index is 1120. The fraction of sp³-hybridized carbons (Fsp3) is 0.143. The van der Waals surface area contributed by atoms with E-state index in [4.69, 9.17) is 23.2 Å². The van der Waals surface area contributed by atoms with Gasteiger partial charge in [-0.1, -0.05) is 23.2 Å². The van der Waals surface area contributed by atoms with E-state index in [0.717, 1.165) is 36.4 Å². The van der Waals surface area contributed by atoms with Crippen molar-refractivity contribution in [2.75, 3.05) is 0 Å². The van der Waals surface area contributed by atoms with Crippen LogP contribution < -0.4 is 59.1 Å². The standard InChI is InChI=1S/C14H12Cl2O8S3.2Na/c15-13-3-1-11(5-9(13)7-25(17,18)19)27(23,24)12-2-4-14(16)10(6-12)8-26(20,21)22;;/h1-6H,7-8H2,(H,17,18,19)(H,20,21,22);;/q;2*+1/p-2. The summed E-state index contributed by atoms with van der Waals surface area (Å²) in [5.41, 5.74) is -0.409. The third kappa shape index (κ3) is 8.68. The first kappa shape index (κ1) is 29.8. The van der Waals surface area contributed by atoms with Crippen LogP contribution in [0.5, 0.6) is 0 Å². The molecule has 0 aliphatic rings. The number of halogens is 2. The van der Waals surface area contributed by atoms with E-state index in [9.17, 15) is 34.4 Å². The van der Waals surface area contributed by atoms with Crippen LogP contribution in [0, 0.1) is 0 Å². The van der Waals surface area contributed by atoms with Crippen LogP contribution in [0.15, 0.2) is 46.2 Å². The topological polar surface area (TPSA) is 149 Å². The molecular formula is C14H10Cl2Na2O8S3. The predicted molar refractivity (Wildman–Crippen MR) is 95.2 cm³/mol. The molecular weight excluding hydrogens is 509 g/mol. The van der Waals surface area contributed by atoms with E-state index in [1.54, 1.807) is 0 Å². The third-order valence-electron chi connectivity index (χ3n) is 3.32. The van der Waals surface area contributed by atoms with Gasteiger partial charge in [-0.2, -0.15) is 0 Å². The molecule has 148 valence electrons. The summed E-state index contributed by atoms with van der Waals surface area (Å²) in [5.74, 6) is -2.01. The van der Waals surface area contributed by atoms with Gasteiger partial charge in [0.05, 0.1) is 41.5 Å². The monoisotopic (exact) mass is 518 g/mol. The minimum absolute atomic E-state index is 0. The van der Waals surface area contributed by atoms with E-state index >= 15 is 0 Å². The van der Waals surface area contributed by atoms with Crippen LogP contribution in [-0.4, -0.2) is 34.4 Å². The molecule has 2 aromatic rings. The maximum atomic E-state index is 12.8. The van der Waals surface area contributed by atoms with Crippen molar-refractivity contribution in [1.29, 1.82) is 0 Å². The van der Waals surface area contributed by atoms with Crippen molar-refractivity contribution in [2.24, 2.45) is 0 Å². The van der Waals surface area contributed by atoms with Crippen molar-refractivity contribution in [3.63, 3.8) is 0 Å². The summed E-state index contributed by atoms with van der Waals surface area (Å²) in [4.78, 5) is -0.743. The Morgan fingerprint density at radius 1 is 0.655 bits per heavy atom. The van der Waals surface area contributed by atoms with Gasteiger partial charge in [0, 0.05) is 10.0 Å². The summed E-state index contributed by atoms with van der Waals surface area (Å²) in [6.07, 6.45) is 0. The zero-order valence-electron chi connectivity index (χ0n) is 15.1. The minimum atomic E-state index is -4.71. The average Bonchev–Trinajstić information content (AvgIpc) is 2.48. The smallest absolute Gasteiger partial charge is 0.748 e. The van der Waals surface area contributed by atoms with E-state index < -0.39 is 41.6 Å². The first-order valence-corrected chi connectivity index (χ1v) is 12.3. The Morgan fingerprint density at radius 3 is 1.24 bits per heavy atom. The van der Waals surface area contributed by atoms with Gasteiger partial charge in [-0.3, -0.25) is 0 Å². The molecule has 0 atom stereocenters. The van der Waals surface area contributed by atoms with Crippen molar-refractivity contribution >= 4 is 53.3 Å². The molecule has 0 aliphatic heterocycles. The van der Waals surface area contributed by atoms with Gasteiger partial charge in [0.2, 0.25) is 9.84 Å². The van der Waals surface area contributed by atoms with E-state index in [1.807, 2.05) is 0 Å². The van der Waals surface area contributed by atoms with Crippen molar-refractivity contribution in [3.05, 3.63) is 57.6 Å². The first-order chi connectivity index (χ1) is 12.2. The molecule has 0 saturated carbocycles. The fourth-order valence-electron chi connectivity index (χ4n) is 2.17. The Morgan fingerprint density at radius 2 is 0.966 bits per heavy atom. The number of benzene rings is 2. The summed E-state index contributed by atoms with van der Waals surface area (Å²) >= 11 is 11.6.